The lowest BCUT2D eigenvalue weighted by Crippen LogP contribution is -2.41. The molecular formula is C20H16Cl2F2N2O3. The van der Waals surface area contributed by atoms with E-state index < -0.39 is 35.0 Å². The maximum absolute atomic E-state index is 15.2. The van der Waals surface area contributed by atoms with Gasteiger partial charge < -0.3 is 15.6 Å². The first-order chi connectivity index (χ1) is 13.8. The van der Waals surface area contributed by atoms with Crippen molar-refractivity contribution in [1.82, 2.24) is 4.42 Å². The van der Waals surface area contributed by atoms with Crippen LogP contribution in [0.1, 0.15) is 11.1 Å². The second-order valence-corrected chi connectivity index (χ2v) is 7.03. The number of hydrogen-bond donors (Lipinski definition) is 2. The van der Waals surface area contributed by atoms with Gasteiger partial charge in [0.1, 0.15) is 5.70 Å². The monoisotopic (exact) mass is 440 g/mol. The lowest BCUT2D eigenvalue weighted by Gasteiger charge is -2.33. The standard InChI is InChI=1S/C20H16Cl2F2N2O3/c1-29-19-13(21)8-7-11(14(19)23)17-15(24)16(25)12(18(20(27)28)26(17)22)9-10-5-3-2-4-6-10/h2-8,18H,9,25H2,1H3,(H,27,28). The average Bonchev–Trinajstić information content (AvgIpc) is 2.68. The number of nitrogens with two attached hydrogens (primary N) is 1. The molecule has 2 aromatic rings. The topological polar surface area (TPSA) is 75.8 Å². The van der Waals surface area contributed by atoms with Crippen LogP contribution in [0.5, 0.6) is 5.75 Å². The van der Waals surface area contributed by atoms with Crippen molar-refractivity contribution in [2.45, 2.75) is 12.5 Å². The summed E-state index contributed by atoms with van der Waals surface area (Å²) in [4.78, 5) is 12.0. The minimum atomic E-state index is -1.51. The highest BCUT2D eigenvalue weighted by Crippen LogP contribution is 2.42. The number of ether oxygens (including phenoxy) is 1. The molecule has 0 saturated heterocycles. The van der Waals surface area contributed by atoms with E-state index in [1.807, 2.05) is 0 Å². The summed E-state index contributed by atoms with van der Waals surface area (Å²) in [6.45, 7) is 0. The van der Waals surface area contributed by atoms with Crippen LogP contribution >= 0.6 is 23.4 Å². The Morgan fingerprint density at radius 1 is 1.24 bits per heavy atom. The number of carbonyl (C=O) groups is 1. The van der Waals surface area contributed by atoms with Gasteiger partial charge in [-0.05, 0) is 29.7 Å². The van der Waals surface area contributed by atoms with Gasteiger partial charge in [0.2, 0.25) is 0 Å². The predicted molar refractivity (Wildman–Crippen MR) is 106 cm³/mol. The summed E-state index contributed by atoms with van der Waals surface area (Å²) in [5.41, 5.74) is 5.49. The number of rotatable bonds is 5. The summed E-state index contributed by atoms with van der Waals surface area (Å²) < 4.78 is 35.6. The van der Waals surface area contributed by atoms with Crippen LogP contribution in [-0.4, -0.2) is 28.6 Å². The lowest BCUT2D eigenvalue weighted by atomic mass is 9.91. The zero-order chi connectivity index (χ0) is 21.3. The number of allylic oxidation sites excluding steroid dienone is 1. The number of carboxylic acid groups (broad SMARTS) is 1. The third-order valence-corrected chi connectivity index (χ3v) is 5.20. The Bertz CT molecular complexity index is 1030. The quantitative estimate of drug-likeness (QED) is 0.669. The van der Waals surface area contributed by atoms with Gasteiger partial charge in [-0.15, -0.1) is 0 Å². The molecule has 1 heterocycles. The molecule has 0 fully saturated rings. The van der Waals surface area contributed by atoms with Crippen molar-refractivity contribution in [2.75, 3.05) is 7.11 Å². The van der Waals surface area contributed by atoms with Crippen molar-refractivity contribution in [1.29, 1.82) is 0 Å². The first-order valence-corrected chi connectivity index (χ1v) is 9.12. The van der Waals surface area contributed by atoms with Crippen LogP contribution in [0.3, 0.4) is 0 Å². The Balaban J connectivity index is 2.20. The van der Waals surface area contributed by atoms with Crippen LogP contribution in [0.4, 0.5) is 8.78 Å². The first kappa shape index (κ1) is 21.0. The summed E-state index contributed by atoms with van der Waals surface area (Å²) in [7, 11) is 1.20. The summed E-state index contributed by atoms with van der Waals surface area (Å²) in [6.07, 6.45) is 0.0555. The van der Waals surface area contributed by atoms with E-state index in [-0.39, 0.29) is 28.3 Å². The average molecular weight is 441 g/mol. The van der Waals surface area contributed by atoms with Gasteiger partial charge in [0.05, 0.1) is 17.8 Å². The highest BCUT2D eigenvalue weighted by Gasteiger charge is 2.40. The third kappa shape index (κ3) is 3.75. The fourth-order valence-corrected chi connectivity index (χ4v) is 3.75. The summed E-state index contributed by atoms with van der Waals surface area (Å²) in [6, 6.07) is 9.77. The molecule has 1 unspecified atom stereocenters. The zero-order valence-corrected chi connectivity index (χ0v) is 16.6. The van der Waals surface area contributed by atoms with Gasteiger partial charge >= 0.3 is 5.97 Å². The van der Waals surface area contributed by atoms with E-state index in [9.17, 15) is 14.3 Å². The van der Waals surface area contributed by atoms with Gasteiger partial charge in [-0.3, -0.25) is 4.42 Å². The molecule has 0 spiro atoms. The second-order valence-electron chi connectivity index (χ2n) is 6.26. The normalized spacial score (nSPS) is 17.0. The molecule has 1 aliphatic rings. The van der Waals surface area contributed by atoms with Crippen LogP contribution in [0.15, 0.2) is 59.6 Å². The first-order valence-electron chi connectivity index (χ1n) is 8.40. The molecule has 0 aromatic heterocycles. The Morgan fingerprint density at radius 3 is 2.48 bits per heavy atom. The Hall–Kier alpha value is -2.77. The Labute approximate surface area is 175 Å². The number of hydrogen-bond acceptors (Lipinski definition) is 4. The Morgan fingerprint density at radius 2 is 1.90 bits per heavy atom. The fourth-order valence-electron chi connectivity index (χ4n) is 3.16. The smallest absolute Gasteiger partial charge is 0.332 e. The summed E-state index contributed by atoms with van der Waals surface area (Å²) >= 11 is 12.1. The Kier molecular flexibility index (Phi) is 6.00. The number of halogens is 4. The molecule has 5 nitrogen and oxygen atoms in total. The summed E-state index contributed by atoms with van der Waals surface area (Å²) in [5.74, 6) is -3.70. The molecule has 3 rings (SSSR count). The number of methoxy groups -OCH3 is 1. The minimum Gasteiger partial charge on any atom is -0.492 e. The van der Waals surface area contributed by atoms with Gasteiger partial charge in [0, 0.05) is 17.3 Å². The number of nitrogens with zero attached hydrogens (tertiary/aromatic N) is 1. The largest absolute Gasteiger partial charge is 0.492 e. The van der Waals surface area contributed by atoms with E-state index in [1.165, 1.54) is 19.2 Å². The van der Waals surface area contributed by atoms with Gasteiger partial charge in [0.15, 0.2) is 23.4 Å². The van der Waals surface area contributed by atoms with Gasteiger partial charge in [-0.2, -0.15) is 0 Å². The molecule has 3 N–H and O–H groups in total. The molecule has 0 radical (unpaired) electrons. The van der Waals surface area contributed by atoms with E-state index in [0.29, 0.717) is 4.42 Å². The van der Waals surface area contributed by atoms with Crippen molar-refractivity contribution >= 4 is 35.0 Å². The SMILES string of the molecule is COc1c(Cl)ccc(C2=C(F)C(N)=C(Cc3ccccc3)C(C(=O)O)N2Cl)c1F. The second kappa shape index (κ2) is 8.31. The summed E-state index contributed by atoms with van der Waals surface area (Å²) in [5, 5.41) is 9.71. The van der Waals surface area contributed by atoms with E-state index >= 15 is 4.39 Å². The van der Waals surface area contributed by atoms with Gasteiger partial charge in [-0.25, -0.2) is 13.6 Å². The highest BCUT2D eigenvalue weighted by atomic mass is 35.5. The molecule has 1 aliphatic heterocycles. The van der Waals surface area contributed by atoms with Crippen molar-refractivity contribution in [3.8, 4) is 5.75 Å². The van der Waals surface area contributed by atoms with Gasteiger partial charge in [-0.1, -0.05) is 41.9 Å². The highest BCUT2D eigenvalue weighted by molar-refractivity contribution is 6.32. The van der Waals surface area contributed by atoms with Gasteiger partial charge in [0.25, 0.3) is 0 Å². The molecule has 0 aliphatic carbocycles. The lowest BCUT2D eigenvalue weighted by molar-refractivity contribution is -0.139. The third-order valence-electron chi connectivity index (χ3n) is 4.54. The maximum atomic E-state index is 15.2. The van der Waals surface area contributed by atoms with Crippen LogP contribution in [0.25, 0.3) is 5.70 Å². The molecule has 29 heavy (non-hydrogen) atoms. The molecule has 0 amide bonds. The van der Waals surface area contributed by atoms with Crippen molar-refractivity contribution in [3.63, 3.8) is 0 Å². The molecule has 2 aromatic carbocycles. The van der Waals surface area contributed by atoms with Crippen molar-refractivity contribution in [3.05, 3.63) is 81.5 Å². The van der Waals surface area contributed by atoms with Crippen LogP contribution in [-0.2, 0) is 11.2 Å². The molecular weight excluding hydrogens is 425 g/mol. The number of benzene rings is 2. The zero-order valence-electron chi connectivity index (χ0n) is 15.1. The van der Waals surface area contributed by atoms with Crippen LogP contribution in [0.2, 0.25) is 5.02 Å². The molecule has 0 bridgehead atoms. The van der Waals surface area contributed by atoms with E-state index in [1.54, 1.807) is 30.3 Å². The van der Waals surface area contributed by atoms with Crippen LogP contribution in [0, 0.1) is 5.82 Å². The van der Waals surface area contributed by atoms with E-state index in [0.717, 1.165) is 5.56 Å². The molecule has 0 saturated carbocycles. The molecule has 1 atom stereocenters. The molecule has 9 heteroatoms. The number of carboxylic acids is 1. The van der Waals surface area contributed by atoms with E-state index in [4.69, 9.17) is 33.8 Å². The molecule has 152 valence electrons. The number of aliphatic carboxylic acids is 1. The van der Waals surface area contributed by atoms with Crippen molar-refractivity contribution in [2.24, 2.45) is 5.73 Å². The van der Waals surface area contributed by atoms with Crippen molar-refractivity contribution < 1.29 is 23.4 Å². The minimum absolute atomic E-state index is 0.0326. The predicted octanol–water partition coefficient (Wildman–Crippen LogP) is 4.50. The van der Waals surface area contributed by atoms with Crippen LogP contribution < -0.4 is 10.5 Å². The fraction of sp³-hybridized carbons (Fsp3) is 0.150. The maximum Gasteiger partial charge on any atom is 0.332 e. The van der Waals surface area contributed by atoms with E-state index in [2.05, 4.69) is 0 Å².